The van der Waals surface area contributed by atoms with Crippen molar-refractivity contribution in [2.45, 2.75) is 37.9 Å². The van der Waals surface area contributed by atoms with Gasteiger partial charge in [0.1, 0.15) is 0 Å². The minimum Gasteiger partial charge on any atom is -0.481 e. The van der Waals surface area contributed by atoms with Crippen molar-refractivity contribution in [3.05, 3.63) is 0 Å². The Labute approximate surface area is 107 Å². The van der Waals surface area contributed by atoms with Crippen LogP contribution >= 0.6 is 0 Å². The highest BCUT2D eigenvalue weighted by Crippen LogP contribution is 2.11. The molecule has 0 aromatic rings. The summed E-state index contributed by atoms with van der Waals surface area (Å²) in [6.45, 7) is 0. The molecule has 0 spiro atoms. The summed E-state index contributed by atoms with van der Waals surface area (Å²) in [5.41, 5.74) is 0. The van der Waals surface area contributed by atoms with Gasteiger partial charge in [-0.3, -0.25) is 9.59 Å². The molecule has 0 amide bonds. The lowest BCUT2D eigenvalue weighted by Gasteiger charge is -2.18. The third kappa shape index (κ3) is 7.71. The predicted octanol–water partition coefficient (Wildman–Crippen LogP) is -0.361. The first-order chi connectivity index (χ1) is 8.73. The van der Waals surface area contributed by atoms with Crippen molar-refractivity contribution in [1.29, 1.82) is 0 Å². The fourth-order valence-corrected chi connectivity index (χ4v) is 1.21. The zero-order valence-corrected chi connectivity index (χ0v) is 9.81. The van der Waals surface area contributed by atoms with Crippen LogP contribution in [0.5, 0.6) is 0 Å². The van der Waals surface area contributed by atoms with Crippen LogP contribution in [0.2, 0.25) is 0 Å². The summed E-state index contributed by atoms with van der Waals surface area (Å²) in [7, 11) is 0. The highest BCUT2D eigenvalue weighted by Gasteiger charge is 2.28. The summed E-state index contributed by atoms with van der Waals surface area (Å²) in [5.74, 6) is -5.48. The molecule has 0 aliphatic heterocycles. The molecular weight excluding hydrogens is 264 g/mol. The molecule has 9 heteroatoms. The number of hydrogen-bond acceptors (Lipinski definition) is 5. The number of aliphatic carboxylic acids is 4. The van der Waals surface area contributed by atoms with Crippen molar-refractivity contribution < 1.29 is 44.3 Å². The molecule has 0 aliphatic rings. The number of ether oxygens (including phenoxy) is 1. The highest BCUT2D eigenvalue weighted by molar-refractivity contribution is 5.77. The Balaban J connectivity index is 4.56. The lowest BCUT2D eigenvalue weighted by molar-refractivity contribution is -0.166. The molecule has 0 rings (SSSR count). The van der Waals surface area contributed by atoms with Gasteiger partial charge in [-0.2, -0.15) is 0 Å². The fraction of sp³-hybridized carbons (Fsp3) is 0.600. The average molecular weight is 278 g/mol. The maximum absolute atomic E-state index is 10.8. The highest BCUT2D eigenvalue weighted by atomic mass is 16.5. The summed E-state index contributed by atoms with van der Waals surface area (Å²) in [4.78, 5) is 42.2. The van der Waals surface area contributed by atoms with Crippen LogP contribution in [0.1, 0.15) is 25.7 Å². The SMILES string of the molecule is O=C(O)CCC(OC(CCC(=O)O)C(=O)O)C(=O)O. The van der Waals surface area contributed by atoms with E-state index in [1.54, 1.807) is 0 Å². The van der Waals surface area contributed by atoms with Gasteiger partial charge >= 0.3 is 23.9 Å². The fourth-order valence-electron chi connectivity index (χ4n) is 1.21. The molecule has 0 saturated heterocycles. The van der Waals surface area contributed by atoms with Crippen molar-refractivity contribution in [3.63, 3.8) is 0 Å². The van der Waals surface area contributed by atoms with Gasteiger partial charge in [0.15, 0.2) is 12.2 Å². The largest absolute Gasteiger partial charge is 0.481 e. The van der Waals surface area contributed by atoms with Gasteiger partial charge in [-0.15, -0.1) is 0 Å². The molecule has 0 aromatic carbocycles. The Morgan fingerprint density at radius 1 is 0.737 bits per heavy atom. The number of rotatable bonds is 10. The second-order valence-corrected chi connectivity index (χ2v) is 3.65. The van der Waals surface area contributed by atoms with Crippen LogP contribution in [0, 0.1) is 0 Å². The molecule has 0 bridgehead atoms. The van der Waals surface area contributed by atoms with E-state index in [-0.39, 0.29) is 0 Å². The second-order valence-electron chi connectivity index (χ2n) is 3.65. The zero-order chi connectivity index (χ0) is 15.0. The Morgan fingerprint density at radius 3 is 1.26 bits per heavy atom. The van der Waals surface area contributed by atoms with E-state index in [1.807, 2.05) is 0 Å². The third-order valence-electron chi connectivity index (χ3n) is 2.12. The van der Waals surface area contributed by atoms with Crippen molar-refractivity contribution in [1.82, 2.24) is 0 Å². The van der Waals surface area contributed by atoms with Gasteiger partial charge in [-0.25, -0.2) is 9.59 Å². The maximum Gasteiger partial charge on any atom is 0.332 e. The summed E-state index contributed by atoms with van der Waals surface area (Å²) in [5, 5.41) is 34.4. The summed E-state index contributed by atoms with van der Waals surface area (Å²) < 4.78 is 4.75. The molecule has 0 saturated carbocycles. The normalized spacial score (nSPS) is 13.5. The Morgan fingerprint density at radius 2 is 1.05 bits per heavy atom. The summed E-state index contributed by atoms with van der Waals surface area (Å²) in [6.07, 6.45) is -5.01. The zero-order valence-electron chi connectivity index (χ0n) is 9.81. The van der Waals surface area contributed by atoms with E-state index in [9.17, 15) is 19.2 Å². The lowest BCUT2D eigenvalue weighted by Crippen LogP contribution is -2.34. The van der Waals surface area contributed by atoms with E-state index < -0.39 is 61.8 Å². The van der Waals surface area contributed by atoms with Gasteiger partial charge < -0.3 is 25.2 Å². The quantitative estimate of drug-likeness (QED) is 0.418. The van der Waals surface area contributed by atoms with E-state index in [4.69, 9.17) is 25.2 Å². The van der Waals surface area contributed by atoms with E-state index in [0.29, 0.717) is 0 Å². The molecule has 19 heavy (non-hydrogen) atoms. The molecule has 0 aromatic heterocycles. The molecule has 9 nitrogen and oxygen atoms in total. The van der Waals surface area contributed by atoms with Crippen LogP contribution in [0.3, 0.4) is 0 Å². The second kappa shape index (κ2) is 8.03. The van der Waals surface area contributed by atoms with Crippen LogP contribution in [0.4, 0.5) is 0 Å². The minimum absolute atomic E-state index is 0.401. The molecule has 2 atom stereocenters. The van der Waals surface area contributed by atoms with Gasteiger partial charge in [0.2, 0.25) is 0 Å². The molecule has 0 fully saturated rings. The average Bonchev–Trinajstić information content (AvgIpc) is 2.26. The standard InChI is InChI=1S/C10H14O9/c11-7(12)3-1-5(9(15)16)19-6(10(17)18)2-4-8(13)14/h5-6H,1-4H2,(H,11,12)(H,13,14)(H,15,16)(H,17,18). The van der Waals surface area contributed by atoms with Crippen molar-refractivity contribution in [2.75, 3.05) is 0 Å². The van der Waals surface area contributed by atoms with Crippen LogP contribution in [-0.4, -0.2) is 56.5 Å². The summed E-state index contributed by atoms with van der Waals surface area (Å²) >= 11 is 0. The molecule has 2 unspecified atom stereocenters. The van der Waals surface area contributed by atoms with Gasteiger partial charge in [0.25, 0.3) is 0 Å². The first kappa shape index (κ1) is 16.8. The van der Waals surface area contributed by atoms with Gasteiger partial charge in [-0.05, 0) is 12.8 Å². The first-order valence-electron chi connectivity index (χ1n) is 5.28. The van der Waals surface area contributed by atoms with Crippen LogP contribution in [-0.2, 0) is 23.9 Å². The van der Waals surface area contributed by atoms with Crippen molar-refractivity contribution in [2.24, 2.45) is 0 Å². The number of carboxylic acids is 4. The molecular formula is C10H14O9. The van der Waals surface area contributed by atoms with E-state index >= 15 is 0 Å². The van der Waals surface area contributed by atoms with E-state index in [0.717, 1.165) is 0 Å². The third-order valence-corrected chi connectivity index (χ3v) is 2.12. The lowest BCUT2D eigenvalue weighted by atomic mass is 10.1. The number of carbonyl (C=O) groups is 4. The molecule has 108 valence electrons. The Kier molecular flexibility index (Phi) is 7.12. The molecule has 0 heterocycles. The molecule has 0 aliphatic carbocycles. The van der Waals surface area contributed by atoms with E-state index in [1.165, 1.54) is 0 Å². The van der Waals surface area contributed by atoms with Crippen molar-refractivity contribution >= 4 is 23.9 Å². The monoisotopic (exact) mass is 278 g/mol. The van der Waals surface area contributed by atoms with Crippen LogP contribution < -0.4 is 0 Å². The predicted molar refractivity (Wildman–Crippen MR) is 57.7 cm³/mol. The van der Waals surface area contributed by atoms with E-state index in [2.05, 4.69) is 0 Å². The first-order valence-corrected chi connectivity index (χ1v) is 5.28. The smallest absolute Gasteiger partial charge is 0.332 e. The van der Waals surface area contributed by atoms with Gasteiger partial charge in [0, 0.05) is 12.8 Å². The molecule has 4 N–H and O–H groups in total. The maximum atomic E-state index is 10.8. The number of hydrogen-bond donors (Lipinski definition) is 4. The van der Waals surface area contributed by atoms with Crippen molar-refractivity contribution in [3.8, 4) is 0 Å². The van der Waals surface area contributed by atoms with Gasteiger partial charge in [0.05, 0.1) is 0 Å². The van der Waals surface area contributed by atoms with Crippen LogP contribution in [0.25, 0.3) is 0 Å². The summed E-state index contributed by atoms with van der Waals surface area (Å²) in [6, 6.07) is 0. The van der Waals surface area contributed by atoms with Gasteiger partial charge in [-0.1, -0.05) is 0 Å². The van der Waals surface area contributed by atoms with Crippen LogP contribution in [0.15, 0.2) is 0 Å². The Hall–Kier alpha value is -2.16. The number of carboxylic acid groups (broad SMARTS) is 4. The molecule has 0 radical (unpaired) electrons. The topological polar surface area (TPSA) is 158 Å². The minimum atomic E-state index is -1.61. The Bertz CT molecular complexity index is 328.